The van der Waals surface area contributed by atoms with E-state index in [1.165, 1.54) is 23.5 Å². The Kier molecular flexibility index (Phi) is 8.02. The van der Waals surface area contributed by atoms with E-state index in [-0.39, 0.29) is 24.1 Å². The number of anilines is 1. The van der Waals surface area contributed by atoms with E-state index in [2.05, 4.69) is 9.88 Å². The zero-order valence-corrected chi connectivity index (χ0v) is 18.6. The number of carbonyl (C=O) groups is 1. The summed E-state index contributed by atoms with van der Waals surface area (Å²) < 4.78 is 19.7. The Labute approximate surface area is 189 Å². The first-order valence-corrected chi connectivity index (χ1v) is 10.7. The Bertz CT molecular complexity index is 1010. The molecule has 0 unspecified atom stereocenters. The maximum atomic E-state index is 13.6. The molecule has 1 aliphatic rings. The van der Waals surface area contributed by atoms with Gasteiger partial charge in [-0.1, -0.05) is 29.0 Å². The number of thiazole rings is 1. The molecule has 5 nitrogen and oxygen atoms in total. The minimum atomic E-state index is -0.312. The van der Waals surface area contributed by atoms with Crippen LogP contribution in [0.15, 0.2) is 42.5 Å². The summed E-state index contributed by atoms with van der Waals surface area (Å²) in [5, 5.41) is 1.08. The number of nitrogens with zero attached hydrogens (tertiary/aromatic N) is 3. The summed E-state index contributed by atoms with van der Waals surface area (Å²) in [6, 6.07) is 11.4. The summed E-state index contributed by atoms with van der Waals surface area (Å²) in [7, 11) is 0. The number of hydrogen-bond donors (Lipinski definition) is 0. The number of hydrogen-bond acceptors (Lipinski definition) is 5. The number of fused-ring (bicyclic) bond motifs is 1. The van der Waals surface area contributed by atoms with Crippen LogP contribution >= 0.6 is 35.3 Å². The predicted octanol–water partition coefficient (Wildman–Crippen LogP) is 4.88. The maximum Gasteiger partial charge on any atom is 0.260 e. The molecule has 0 bridgehead atoms. The quantitative estimate of drug-likeness (QED) is 0.515. The molecular formula is C21H22Cl2FN3O2S. The van der Waals surface area contributed by atoms with E-state index in [0.29, 0.717) is 27.8 Å². The molecule has 2 aromatic carbocycles. The molecule has 160 valence electrons. The van der Waals surface area contributed by atoms with Crippen LogP contribution in [-0.2, 0) is 4.74 Å². The van der Waals surface area contributed by atoms with Crippen LogP contribution in [-0.4, -0.2) is 55.2 Å². The van der Waals surface area contributed by atoms with Crippen molar-refractivity contribution in [3.8, 4) is 0 Å². The lowest BCUT2D eigenvalue weighted by Crippen LogP contribution is -2.39. The fraction of sp³-hybridized carbons (Fsp3) is 0.333. The van der Waals surface area contributed by atoms with E-state index in [9.17, 15) is 9.18 Å². The minimum absolute atomic E-state index is 0. The summed E-state index contributed by atoms with van der Waals surface area (Å²) in [6.45, 7) is 4.70. The Morgan fingerprint density at radius 2 is 2.03 bits per heavy atom. The number of amides is 1. The van der Waals surface area contributed by atoms with E-state index in [1.54, 1.807) is 35.2 Å². The van der Waals surface area contributed by atoms with Gasteiger partial charge in [0.1, 0.15) is 5.82 Å². The molecule has 0 radical (unpaired) electrons. The van der Waals surface area contributed by atoms with Gasteiger partial charge in [-0.05, 0) is 42.8 Å². The van der Waals surface area contributed by atoms with Gasteiger partial charge >= 0.3 is 0 Å². The van der Waals surface area contributed by atoms with E-state index in [1.807, 2.05) is 0 Å². The first-order chi connectivity index (χ1) is 14.1. The van der Waals surface area contributed by atoms with Crippen LogP contribution in [0.2, 0.25) is 5.02 Å². The molecule has 4 rings (SSSR count). The van der Waals surface area contributed by atoms with Crippen molar-refractivity contribution in [3.63, 3.8) is 0 Å². The van der Waals surface area contributed by atoms with Gasteiger partial charge in [-0.3, -0.25) is 14.6 Å². The van der Waals surface area contributed by atoms with Crippen molar-refractivity contribution < 1.29 is 13.9 Å². The smallest absolute Gasteiger partial charge is 0.260 e. The average Bonchev–Trinajstić information content (AvgIpc) is 3.14. The number of morpholine rings is 1. The highest BCUT2D eigenvalue weighted by atomic mass is 35.5. The van der Waals surface area contributed by atoms with Gasteiger partial charge in [0.15, 0.2) is 5.13 Å². The molecule has 1 aliphatic heterocycles. The third kappa shape index (κ3) is 5.47. The highest BCUT2D eigenvalue weighted by Crippen LogP contribution is 2.30. The van der Waals surface area contributed by atoms with Crippen molar-refractivity contribution in [3.05, 3.63) is 58.9 Å². The van der Waals surface area contributed by atoms with Crippen LogP contribution in [0, 0.1) is 5.82 Å². The lowest BCUT2D eigenvalue weighted by atomic mass is 10.2. The van der Waals surface area contributed by atoms with Gasteiger partial charge < -0.3 is 4.74 Å². The molecule has 0 N–H and O–H groups in total. The van der Waals surface area contributed by atoms with E-state index < -0.39 is 0 Å². The van der Waals surface area contributed by atoms with E-state index >= 15 is 0 Å². The molecule has 0 aliphatic carbocycles. The SMILES string of the molecule is Cl.O=C(c1cccc(Cl)c1)N(CCCN1CCOCC1)c1nc2ccc(F)cc2s1. The van der Waals surface area contributed by atoms with Crippen molar-refractivity contribution in [2.45, 2.75) is 6.42 Å². The molecule has 1 fully saturated rings. The third-order valence-corrected chi connectivity index (χ3v) is 6.12. The van der Waals surface area contributed by atoms with Gasteiger partial charge in [0.25, 0.3) is 5.91 Å². The highest BCUT2D eigenvalue weighted by molar-refractivity contribution is 7.22. The molecule has 1 aromatic heterocycles. The molecule has 0 atom stereocenters. The molecule has 3 aromatic rings. The first kappa shape index (κ1) is 22.9. The molecule has 30 heavy (non-hydrogen) atoms. The van der Waals surface area contributed by atoms with E-state index in [0.717, 1.165) is 44.0 Å². The van der Waals surface area contributed by atoms with E-state index in [4.69, 9.17) is 16.3 Å². The van der Waals surface area contributed by atoms with Crippen molar-refractivity contribution in [1.82, 2.24) is 9.88 Å². The standard InChI is InChI=1S/C21H21ClFN3O2S.ClH/c22-16-4-1-3-15(13-16)20(27)26(8-2-7-25-9-11-28-12-10-25)21-24-18-6-5-17(23)14-19(18)29-21;/h1,3-6,13-14H,2,7-12H2;1H. The number of benzene rings is 2. The van der Waals surface area contributed by atoms with Crippen LogP contribution < -0.4 is 4.90 Å². The summed E-state index contributed by atoms with van der Waals surface area (Å²) >= 11 is 7.40. The number of halogens is 3. The number of carbonyl (C=O) groups excluding carboxylic acids is 1. The summed E-state index contributed by atoms with van der Waals surface area (Å²) in [5.41, 5.74) is 1.19. The van der Waals surface area contributed by atoms with Gasteiger partial charge in [0.05, 0.1) is 23.4 Å². The number of ether oxygens (including phenoxy) is 1. The summed E-state index contributed by atoms with van der Waals surface area (Å²) in [4.78, 5) is 21.8. The average molecular weight is 470 g/mol. The molecule has 2 heterocycles. The van der Waals surface area contributed by atoms with Gasteiger partial charge in [0.2, 0.25) is 0 Å². The fourth-order valence-electron chi connectivity index (χ4n) is 3.34. The Morgan fingerprint density at radius 1 is 1.23 bits per heavy atom. The zero-order chi connectivity index (χ0) is 20.2. The van der Waals surface area contributed by atoms with Crippen LogP contribution in [0.3, 0.4) is 0 Å². The first-order valence-electron chi connectivity index (χ1n) is 9.54. The van der Waals surface area contributed by atoms with Crippen LogP contribution in [0.4, 0.5) is 9.52 Å². The fourth-order valence-corrected chi connectivity index (χ4v) is 4.55. The summed E-state index contributed by atoms with van der Waals surface area (Å²) in [6.07, 6.45) is 0.802. The van der Waals surface area contributed by atoms with Crippen LogP contribution in [0.5, 0.6) is 0 Å². The van der Waals surface area contributed by atoms with Crippen LogP contribution in [0.25, 0.3) is 10.2 Å². The predicted molar refractivity (Wildman–Crippen MR) is 122 cm³/mol. The largest absolute Gasteiger partial charge is 0.379 e. The van der Waals surface area contributed by atoms with Gasteiger partial charge in [0, 0.05) is 36.8 Å². The molecular weight excluding hydrogens is 448 g/mol. The molecule has 0 spiro atoms. The van der Waals surface area contributed by atoms with Gasteiger partial charge in [-0.2, -0.15) is 0 Å². The molecule has 9 heteroatoms. The highest BCUT2D eigenvalue weighted by Gasteiger charge is 2.22. The number of rotatable bonds is 6. The Morgan fingerprint density at radius 3 is 2.80 bits per heavy atom. The minimum Gasteiger partial charge on any atom is -0.379 e. The monoisotopic (exact) mass is 469 g/mol. The van der Waals surface area contributed by atoms with Crippen molar-refractivity contribution in [2.75, 3.05) is 44.3 Å². The van der Waals surface area contributed by atoms with Crippen LogP contribution in [0.1, 0.15) is 16.8 Å². The molecule has 0 saturated carbocycles. The van der Waals surface area contributed by atoms with Gasteiger partial charge in [-0.25, -0.2) is 9.37 Å². The third-order valence-electron chi connectivity index (χ3n) is 4.85. The summed E-state index contributed by atoms with van der Waals surface area (Å²) in [5.74, 6) is -0.471. The lowest BCUT2D eigenvalue weighted by molar-refractivity contribution is 0.0376. The lowest BCUT2D eigenvalue weighted by Gasteiger charge is -2.27. The molecule has 1 amide bonds. The Hall–Kier alpha value is -1.77. The second kappa shape index (κ2) is 10.5. The van der Waals surface area contributed by atoms with Gasteiger partial charge in [-0.15, -0.1) is 12.4 Å². The maximum absolute atomic E-state index is 13.6. The molecule has 1 saturated heterocycles. The second-order valence-corrected chi connectivity index (χ2v) is 8.33. The van der Waals surface area contributed by atoms with Crippen molar-refractivity contribution in [1.29, 1.82) is 0 Å². The topological polar surface area (TPSA) is 45.7 Å². The van der Waals surface area contributed by atoms with Crippen molar-refractivity contribution >= 4 is 56.6 Å². The second-order valence-electron chi connectivity index (χ2n) is 6.88. The zero-order valence-electron chi connectivity index (χ0n) is 16.2. The Balaban J connectivity index is 0.00000256. The normalized spacial score (nSPS) is 14.5. The van der Waals surface area contributed by atoms with Crippen molar-refractivity contribution in [2.24, 2.45) is 0 Å². The number of aromatic nitrogens is 1.